The Balaban J connectivity index is 1.58. The number of hydrogen-bond donors (Lipinski definition) is 2. The van der Waals surface area contributed by atoms with Gasteiger partial charge in [-0.3, -0.25) is 19.7 Å². The van der Waals surface area contributed by atoms with Gasteiger partial charge in [0.05, 0.1) is 11.1 Å². The fourth-order valence-electron chi connectivity index (χ4n) is 3.96. The summed E-state index contributed by atoms with van der Waals surface area (Å²) in [6, 6.07) is 4.87. The number of carbonyl (C=O) groups excluding carboxylic acids is 3. The number of imide groups is 1. The molecule has 3 unspecified atom stereocenters. The van der Waals surface area contributed by atoms with Crippen LogP contribution in [0, 0.1) is 11.8 Å². The highest BCUT2D eigenvalue weighted by Crippen LogP contribution is 2.37. The van der Waals surface area contributed by atoms with Gasteiger partial charge in [0, 0.05) is 24.7 Å². The van der Waals surface area contributed by atoms with E-state index >= 15 is 0 Å². The Hall–Kier alpha value is -2.21. The summed E-state index contributed by atoms with van der Waals surface area (Å²) in [5.74, 6) is -0.0336. The topological polar surface area (TPSA) is 92.5 Å². The minimum atomic E-state index is -0.435. The van der Waals surface area contributed by atoms with Crippen molar-refractivity contribution in [3.05, 3.63) is 34.9 Å². The third kappa shape index (κ3) is 1.87. The summed E-state index contributed by atoms with van der Waals surface area (Å²) >= 11 is 0. The molecule has 2 heterocycles. The first-order chi connectivity index (χ1) is 10.5. The number of nitrogens with zero attached hydrogens (tertiary/aromatic N) is 1. The van der Waals surface area contributed by atoms with Crippen LogP contribution in [0.3, 0.4) is 0 Å². The first-order valence-corrected chi connectivity index (χ1v) is 7.59. The summed E-state index contributed by atoms with van der Waals surface area (Å²) in [6.07, 6.45) is 2.12. The first kappa shape index (κ1) is 13.5. The molecule has 3 aliphatic rings. The number of benzene rings is 1. The van der Waals surface area contributed by atoms with Crippen LogP contribution in [0.4, 0.5) is 0 Å². The summed E-state index contributed by atoms with van der Waals surface area (Å²) in [4.78, 5) is 37.7. The zero-order valence-electron chi connectivity index (χ0n) is 12.0. The van der Waals surface area contributed by atoms with E-state index in [0.717, 1.165) is 19.4 Å². The van der Waals surface area contributed by atoms with E-state index in [4.69, 9.17) is 5.73 Å². The van der Waals surface area contributed by atoms with Crippen molar-refractivity contribution in [2.24, 2.45) is 17.6 Å². The summed E-state index contributed by atoms with van der Waals surface area (Å²) in [5, 5.41) is 2.24. The summed E-state index contributed by atoms with van der Waals surface area (Å²) < 4.78 is 0. The molecule has 0 radical (unpaired) electrons. The Morgan fingerprint density at radius 1 is 1.14 bits per heavy atom. The van der Waals surface area contributed by atoms with Gasteiger partial charge in [-0.25, -0.2) is 0 Å². The zero-order chi connectivity index (χ0) is 15.4. The molecule has 2 fully saturated rings. The average Bonchev–Trinajstić information content (AvgIpc) is 3.15. The third-order valence-electron chi connectivity index (χ3n) is 5.18. The second kappa shape index (κ2) is 4.64. The van der Waals surface area contributed by atoms with Gasteiger partial charge >= 0.3 is 0 Å². The van der Waals surface area contributed by atoms with E-state index in [1.165, 1.54) is 6.07 Å². The van der Waals surface area contributed by atoms with E-state index in [0.29, 0.717) is 29.5 Å². The van der Waals surface area contributed by atoms with Crippen LogP contribution < -0.4 is 11.1 Å². The smallest absolute Gasteiger partial charge is 0.258 e. The second-order valence-corrected chi connectivity index (χ2v) is 6.42. The molecule has 0 aromatic heterocycles. The largest absolute Gasteiger partial charge is 0.338 e. The number of fused-ring (bicyclic) bond motifs is 2. The van der Waals surface area contributed by atoms with Gasteiger partial charge in [-0.2, -0.15) is 0 Å². The van der Waals surface area contributed by atoms with Crippen molar-refractivity contribution in [2.75, 3.05) is 13.1 Å². The average molecular weight is 299 g/mol. The molecule has 1 aliphatic carbocycles. The van der Waals surface area contributed by atoms with Gasteiger partial charge in [0.25, 0.3) is 17.7 Å². The first-order valence-electron chi connectivity index (χ1n) is 7.59. The summed E-state index contributed by atoms with van der Waals surface area (Å²) in [5.41, 5.74) is 7.17. The van der Waals surface area contributed by atoms with Gasteiger partial charge in [-0.15, -0.1) is 0 Å². The van der Waals surface area contributed by atoms with Gasteiger partial charge in [-0.1, -0.05) is 0 Å². The van der Waals surface area contributed by atoms with Gasteiger partial charge in [0.1, 0.15) is 0 Å². The van der Waals surface area contributed by atoms with Crippen molar-refractivity contribution >= 4 is 17.7 Å². The molecule has 3 N–H and O–H groups in total. The van der Waals surface area contributed by atoms with E-state index in [2.05, 4.69) is 5.32 Å². The van der Waals surface area contributed by atoms with E-state index < -0.39 is 11.8 Å². The quantitative estimate of drug-likeness (QED) is 0.733. The highest BCUT2D eigenvalue weighted by Gasteiger charge is 2.42. The Labute approximate surface area is 127 Å². The number of rotatable bonds is 1. The molecule has 1 aromatic carbocycles. The summed E-state index contributed by atoms with van der Waals surface area (Å²) in [6.45, 7) is 1.42. The van der Waals surface area contributed by atoms with E-state index in [1.807, 2.05) is 4.90 Å². The van der Waals surface area contributed by atoms with Crippen LogP contribution in [-0.4, -0.2) is 41.8 Å². The fourth-order valence-corrected chi connectivity index (χ4v) is 3.96. The van der Waals surface area contributed by atoms with Crippen molar-refractivity contribution in [2.45, 2.75) is 18.9 Å². The van der Waals surface area contributed by atoms with Crippen molar-refractivity contribution in [1.82, 2.24) is 10.2 Å². The molecule has 1 saturated carbocycles. The minimum absolute atomic E-state index is 0.0865. The van der Waals surface area contributed by atoms with E-state index in [1.54, 1.807) is 12.1 Å². The molecule has 114 valence electrons. The zero-order valence-corrected chi connectivity index (χ0v) is 12.0. The van der Waals surface area contributed by atoms with Crippen LogP contribution in [0.5, 0.6) is 0 Å². The van der Waals surface area contributed by atoms with Gasteiger partial charge in [0.15, 0.2) is 0 Å². The molecule has 22 heavy (non-hydrogen) atoms. The van der Waals surface area contributed by atoms with Gasteiger partial charge in [-0.05, 0) is 42.9 Å². The number of nitrogens with two attached hydrogens (primary N) is 1. The summed E-state index contributed by atoms with van der Waals surface area (Å²) in [7, 11) is 0. The predicted octanol–water partition coefficient (Wildman–Crippen LogP) is 0.380. The Morgan fingerprint density at radius 3 is 2.68 bits per heavy atom. The molecule has 1 aromatic rings. The van der Waals surface area contributed by atoms with Crippen molar-refractivity contribution < 1.29 is 14.4 Å². The predicted molar refractivity (Wildman–Crippen MR) is 78.3 cm³/mol. The highest BCUT2D eigenvalue weighted by atomic mass is 16.2. The normalized spacial score (nSPS) is 29.5. The lowest BCUT2D eigenvalue weighted by molar-refractivity contribution is 0.0779. The number of likely N-dealkylation sites (tertiary alicyclic amines) is 1. The molecule has 3 atom stereocenters. The molecule has 4 rings (SSSR count). The van der Waals surface area contributed by atoms with Crippen molar-refractivity contribution in [1.29, 1.82) is 0 Å². The second-order valence-electron chi connectivity index (χ2n) is 6.42. The maximum Gasteiger partial charge on any atom is 0.258 e. The molecule has 0 bridgehead atoms. The molecule has 6 nitrogen and oxygen atoms in total. The van der Waals surface area contributed by atoms with Gasteiger partial charge in [0.2, 0.25) is 0 Å². The number of nitrogens with one attached hydrogen (secondary N) is 1. The molecular weight excluding hydrogens is 282 g/mol. The lowest BCUT2D eigenvalue weighted by atomic mass is 9.98. The Bertz CT molecular complexity index is 700. The SMILES string of the molecule is NC1CCC2CN(C(=O)c3ccc4c(c3)C(=O)NC4=O)CC12. The maximum atomic E-state index is 12.6. The van der Waals surface area contributed by atoms with Crippen LogP contribution in [0.25, 0.3) is 0 Å². The molecular formula is C16H17N3O3. The molecule has 6 heteroatoms. The molecule has 3 amide bonds. The number of carbonyl (C=O) groups is 3. The van der Waals surface area contributed by atoms with Crippen molar-refractivity contribution in [3.8, 4) is 0 Å². The van der Waals surface area contributed by atoms with E-state index in [-0.39, 0.29) is 17.5 Å². The Kier molecular flexibility index (Phi) is 2.84. The molecule has 1 saturated heterocycles. The van der Waals surface area contributed by atoms with Crippen LogP contribution in [0.15, 0.2) is 18.2 Å². The standard InChI is InChI=1S/C16H17N3O3/c17-13-4-2-9-6-19(7-12(9)13)16(22)8-1-3-10-11(5-8)15(21)18-14(10)20/h1,3,5,9,12-13H,2,4,6-7,17H2,(H,18,20,21). The lowest BCUT2D eigenvalue weighted by Gasteiger charge is -2.19. The molecule has 0 spiro atoms. The highest BCUT2D eigenvalue weighted by molar-refractivity contribution is 6.22. The van der Waals surface area contributed by atoms with E-state index in [9.17, 15) is 14.4 Å². The van der Waals surface area contributed by atoms with Crippen LogP contribution in [0.1, 0.15) is 43.9 Å². The third-order valence-corrected chi connectivity index (χ3v) is 5.18. The van der Waals surface area contributed by atoms with Crippen LogP contribution >= 0.6 is 0 Å². The van der Waals surface area contributed by atoms with Crippen molar-refractivity contribution in [3.63, 3.8) is 0 Å². The maximum absolute atomic E-state index is 12.6. The van der Waals surface area contributed by atoms with Crippen LogP contribution in [0.2, 0.25) is 0 Å². The minimum Gasteiger partial charge on any atom is -0.338 e. The lowest BCUT2D eigenvalue weighted by Crippen LogP contribution is -2.33. The fraction of sp³-hybridized carbons (Fsp3) is 0.438. The van der Waals surface area contributed by atoms with Crippen LogP contribution in [-0.2, 0) is 0 Å². The molecule has 2 aliphatic heterocycles. The number of hydrogen-bond acceptors (Lipinski definition) is 4. The van der Waals surface area contributed by atoms with Gasteiger partial charge < -0.3 is 10.6 Å². The monoisotopic (exact) mass is 299 g/mol. The Morgan fingerprint density at radius 2 is 1.91 bits per heavy atom. The number of amides is 3.